The lowest BCUT2D eigenvalue weighted by Crippen LogP contribution is -2.49. The number of piperazine rings is 1. The molecular weight excluding hydrogens is 408 g/mol. The molecule has 3 aromatic rings. The Morgan fingerprint density at radius 3 is 2.35 bits per heavy atom. The molecule has 1 aromatic heterocycles. The van der Waals surface area contributed by atoms with E-state index in [0.29, 0.717) is 43.0 Å². The lowest BCUT2D eigenvalue weighted by atomic mass is 10.1. The van der Waals surface area contributed by atoms with Gasteiger partial charge in [-0.3, -0.25) is 14.5 Å². The van der Waals surface area contributed by atoms with Crippen LogP contribution in [0, 0.1) is 11.3 Å². The number of hydrogen-bond donors (Lipinski definition) is 1. The van der Waals surface area contributed by atoms with E-state index in [1.807, 2.05) is 35.7 Å². The number of rotatable bonds is 5. The van der Waals surface area contributed by atoms with Gasteiger partial charge in [0.05, 0.1) is 22.9 Å². The van der Waals surface area contributed by atoms with E-state index in [-0.39, 0.29) is 17.9 Å². The molecule has 1 atom stereocenters. The van der Waals surface area contributed by atoms with Crippen LogP contribution in [0.2, 0.25) is 0 Å². The van der Waals surface area contributed by atoms with E-state index in [1.54, 1.807) is 40.6 Å². The fraction of sp³-hybridized carbons (Fsp3) is 0.208. The molecule has 2 aromatic carbocycles. The van der Waals surface area contributed by atoms with Crippen LogP contribution in [0.5, 0.6) is 0 Å². The molecule has 1 N–H and O–H groups in total. The Bertz CT molecular complexity index is 1080. The third-order valence-electron chi connectivity index (χ3n) is 5.39. The number of nitrogens with zero attached hydrogens (tertiary/aromatic N) is 3. The van der Waals surface area contributed by atoms with Crippen molar-refractivity contribution in [3.05, 3.63) is 88.1 Å². The summed E-state index contributed by atoms with van der Waals surface area (Å²) in [6.45, 7) is 2.28. The first kappa shape index (κ1) is 20.8. The molecule has 6 nitrogen and oxygen atoms in total. The quantitative estimate of drug-likeness (QED) is 0.663. The van der Waals surface area contributed by atoms with Gasteiger partial charge in [-0.1, -0.05) is 42.5 Å². The van der Waals surface area contributed by atoms with Crippen LogP contribution in [0.15, 0.2) is 71.4 Å². The number of para-hydroxylation sites is 1. The molecule has 2 amide bonds. The molecule has 1 aliphatic heterocycles. The van der Waals surface area contributed by atoms with Crippen molar-refractivity contribution >= 4 is 28.8 Å². The lowest BCUT2D eigenvalue weighted by molar-refractivity contribution is 0.0607. The minimum Gasteiger partial charge on any atom is -0.336 e. The van der Waals surface area contributed by atoms with Crippen molar-refractivity contribution < 1.29 is 9.59 Å². The van der Waals surface area contributed by atoms with Crippen LogP contribution in [0.25, 0.3) is 0 Å². The molecule has 2 heterocycles. The zero-order valence-corrected chi connectivity index (χ0v) is 17.7. The van der Waals surface area contributed by atoms with Crippen LogP contribution in [0.3, 0.4) is 0 Å². The Morgan fingerprint density at radius 2 is 1.68 bits per heavy atom. The van der Waals surface area contributed by atoms with Gasteiger partial charge >= 0.3 is 0 Å². The van der Waals surface area contributed by atoms with Crippen LogP contribution in [-0.4, -0.2) is 47.8 Å². The van der Waals surface area contributed by atoms with E-state index in [0.717, 1.165) is 5.56 Å². The van der Waals surface area contributed by atoms with Gasteiger partial charge in [0.1, 0.15) is 6.04 Å². The topological polar surface area (TPSA) is 76.4 Å². The largest absolute Gasteiger partial charge is 0.336 e. The third kappa shape index (κ3) is 4.66. The number of carbonyl (C=O) groups excluding carboxylic acids is 2. The summed E-state index contributed by atoms with van der Waals surface area (Å²) < 4.78 is 0. The van der Waals surface area contributed by atoms with E-state index >= 15 is 0 Å². The highest BCUT2D eigenvalue weighted by Gasteiger charge is 2.28. The summed E-state index contributed by atoms with van der Waals surface area (Å²) >= 11 is 1.45. The molecule has 0 radical (unpaired) electrons. The standard InChI is InChI=1S/C24H22N4O2S/c25-16-22(18-6-2-1-3-7-18)27-11-13-28(14-12-27)24(30)20-8-4-5-9-21(20)26-23(29)19-10-15-31-17-19/h1-10,15,17,22H,11-14H2,(H,26,29). The second kappa shape index (κ2) is 9.56. The average Bonchev–Trinajstić information content (AvgIpc) is 3.36. The molecule has 0 bridgehead atoms. The molecule has 1 unspecified atom stereocenters. The summed E-state index contributed by atoms with van der Waals surface area (Å²) in [6, 6.07) is 20.6. The SMILES string of the molecule is N#CC(c1ccccc1)N1CCN(C(=O)c2ccccc2NC(=O)c2ccsc2)CC1. The van der Waals surface area contributed by atoms with Crippen LogP contribution >= 0.6 is 11.3 Å². The summed E-state index contributed by atoms with van der Waals surface area (Å²) in [5.41, 5.74) is 2.51. The van der Waals surface area contributed by atoms with Gasteiger partial charge in [0.15, 0.2) is 0 Å². The molecule has 0 saturated carbocycles. The lowest BCUT2D eigenvalue weighted by Gasteiger charge is -2.37. The first-order chi connectivity index (χ1) is 15.2. The third-order valence-corrected chi connectivity index (χ3v) is 6.08. The number of carbonyl (C=O) groups is 2. The molecule has 1 fully saturated rings. The summed E-state index contributed by atoms with van der Waals surface area (Å²) in [5.74, 6) is -0.347. The van der Waals surface area contributed by atoms with Gasteiger partial charge in [-0.05, 0) is 29.1 Å². The van der Waals surface area contributed by atoms with Crippen molar-refractivity contribution in [1.82, 2.24) is 9.80 Å². The number of amides is 2. The second-order valence-corrected chi connectivity index (χ2v) is 8.06. The molecule has 7 heteroatoms. The molecule has 4 rings (SSSR count). The maximum atomic E-state index is 13.2. The average molecular weight is 431 g/mol. The second-order valence-electron chi connectivity index (χ2n) is 7.28. The van der Waals surface area contributed by atoms with Crippen LogP contribution in [-0.2, 0) is 0 Å². The van der Waals surface area contributed by atoms with Crippen LogP contribution in [0.4, 0.5) is 5.69 Å². The monoisotopic (exact) mass is 430 g/mol. The number of hydrogen-bond acceptors (Lipinski definition) is 5. The van der Waals surface area contributed by atoms with Crippen LogP contribution < -0.4 is 5.32 Å². The maximum Gasteiger partial charge on any atom is 0.256 e. The first-order valence-corrected chi connectivity index (χ1v) is 11.0. The molecular formula is C24H22N4O2S. The van der Waals surface area contributed by atoms with Gasteiger partial charge in [0, 0.05) is 31.6 Å². The van der Waals surface area contributed by atoms with Crippen molar-refractivity contribution in [2.24, 2.45) is 0 Å². The van der Waals surface area contributed by atoms with Gasteiger partial charge in [-0.2, -0.15) is 16.6 Å². The van der Waals surface area contributed by atoms with Crippen molar-refractivity contribution in [3.8, 4) is 6.07 Å². The minimum absolute atomic E-state index is 0.117. The maximum absolute atomic E-state index is 13.2. The number of nitriles is 1. The number of nitrogens with one attached hydrogen (secondary N) is 1. The molecule has 0 spiro atoms. The van der Waals surface area contributed by atoms with E-state index in [4.69, 9.17) is 0 Å². The smallest absolute Gasteiger partial charge is 0.256 e. The normalized spacial score (nSPS) is 15.1. The first-order valence-electron chi connectivity index (χ1n) is 10.1. The van der Waals surface area contributed by atoms with E-state index in [1.165, 1.54) is 11.3 Å². The fourth-order valence-electron chi connectivity index (χ4n) is 3.72. The highest BCUT2D eigenvalue weighted by Crippen LogP contribution is 2.24. The zero-order chi connectivity index (χ0) is 21.6. The predicted molar refractivity (Wildman–Crippen MR) is 121 cm³/mol. The van der Waals surface area contributed by atoms with Crippen molar-refractivity contribution in [1.29, 1.82) is 5.26 Å². The van der Waals surface area contributed by atoms with Gasteiger partial charge < -0.3 is 10.2 Å². The van der Waals surface area contributed by atoms with Crippen molar-refractivity contribution in [2.45, 2.75) is 6.04 Å². The predicted octanol–water partition coefficient (Wildman–Crippen LogP) is 4.02. The molecule has 0 aliphatic carbocycles. The summed E-state index contributed by atoms with van der Waals surface area (Å²) in [5, 5.41) is 16.1. The summed E-state index contributed by atoms with van der Waals surface area (Å²) in [7, 11) is 0. The van der Waals surface area contributed by atoms with Crippen molar-refractivity contribution in [2.75, 3.05) is 31.5 Å². The number of thiophene rings is 1. The van der Waals surface area contributed by atoms with Gasteiger partial charge in [0.2, 0.25) is 0 Å². The highest BCUT2D eigenvalue weighted by molar-refractivity contribution is 7.08. The summed E-state index contributed by atoms with van der Waals surface area (Å²) in [4.78, 5) is 29.5. The Labute approximate surface area is 185 Å². The van der Waals surface area contributed by atoms with E-state index in [2.05, 4.69) is 16.3 Å². The van der Waals surface area contributed by atoms with Gasteiger partial charge in [0.25, 0.3) is 11.8 Å². The van der Waals surface area contributed by atoms with E-state index < -0.39 is 0 Å². The molecule has 156 valence electrons. The zero-order valence-electron chi connectivity index (χ0n) is 16.9. The Kier molecular flexibility index (Phi) is 6.41. The number of anilines is 1. The molecule has 31 heavy (non-hydrogen) atoms. The Morgan fingerprint density at radius 1 is 0.968 bits per heavy atom. The summed E-state index contributed by atoms with van der Waals surface area (Å²) in [6.07, 6.45) is 0. The van der Waals surface area contributed by atoms with E-state index in [9.17, 15) is 14.9 Å². The minimum atomic E-state index is -0.323. The Hall–Kier alpha value is -3.47. The number of benzene rings is 2. The molecule has 1 saturated heterocycles. The van der Waals surface area contributed by atoms with Crippen molar-refractivity contribution in [3.63, 3.8) is 0 Å². The fourth-order valence-corrected chi connectivity index (χ4v) is 4.36. The van der Waals surface area contributed by atoms with Crippen LogP contribution in [0.1, 0.15) is 32.3 Å². The molecule has 1 aliphatic rings. The van der Waals surface area contributed by atoms with Gasteiger partial charge in [-0.15, -0.1) is 0 Å². The Balaban J connectivity index is 1.43. The highest BCUT2D eigenvalue weighted by atomic mass is 32.1. The van der Waals surface area contributed by atoms with Gasteiger partial charge in [-0.25, -0.2) is 0 Å².